The van der Waals surface area contributed by atoms with Crippen molar-refractivity contribution < 1.29 is 8.78 Å². The molecule has 0 saturated carbocycles. The Morgan fingerprint density at radius 2 is 1.94 bits per heavy atom. The van der Waals surface area contributed by atoms with Crippen molar-refractivity contribution in [2.75, 3.05) is 18.0 Å². The number of aryl methyl sites for hydroxylation is 2. The summed E-state index contributed by atoms with van der Waals surface area (Å²) in [6, 6.07) is 7.36. The van der Waals surface area contributed by atoms with Gasteiger partial charge in [-0.25, -0.2) is 23.6 Å². The molecule has 6 nitrogen and oxygen atoms in total. The highest BCUT2D eigenvalue weighted by Crippen LogP contribution is 2.31. The number of nitrogens with zero attached hydrogens (tertiary/aromatic N) is 6. The fourth-order valence-corrected chi connectivity index (χ4v) is 4.15. The summed E-state index contributed by atoms with van der Waals surface area (Å²) in [5.74, 6) is -1.15. The van der Waals surface area contributed by atoms with E-state index in [9.17, 15) is 8.78 Å². The summed E-state index contributed by atoms with van der Waals surface area (Å²) in [6.45, 7) is 13.7. The van der Waals surface area contributed by atoms with Gasteiger partial charge in [-0.05, 0) is 38.0 Å². The first-order chi connectivity index (χ1) is 15.2. The molecule has 8 heteroatoms. The van der Waals surface area contributed by atoms with Crippen LogP contribution in [-0.2, 0) is 7.05 Å². The fourth-order valence-electron chi connectivity index (χ4n) is 4.15. The van der Waals surface area contributed by atoms with Crippen LogP contribution in [0, 0.1) is 20.4 Å². The van der Waals surface area contributed by atoms with Crippen LogP contribution in [0.25, 0.3) is 15.7 Å². The Morgan fingerprint density at radius 1 is 1.22 bits per heavy atom. The molecule has 1 aliphatic heterocycles. The van der Waals surface area contributed by atoms with Crippen molar-refractivity contribution in [3.8, 4) is 0 Å². The number of piperidine rings is 1. The number of hydrogen-bond donors (Lipinski definition) is 0. The standard InChI is InChI=1S/C24H26F2N6/c1-15-18(7-6-8-20(15)27-4)16(2)29-23-19-13-22(32-11-9-24(25,26)10-12-32)28-14-21(19)31(5)17(3)30-23/h6-8,13-14,16H,9-12H2,1-3,5H3/t16-/m1/s1. The van der Waals surface area contributed by atoms with Gasteiger partial charge in [-0.1, -0.05) is 18.2 Å². The van der Waals surface area contributed by atoms with Crippen LogP contribution in [0.2, 0.25) is 0 Å². The van der Waals surface area contributed by atoms with Crippen LogP contribution in [0.1, 0.15) is 42.8 Å². The quantitative estimate of drug-likeness (QED) is 0.541. The molecule has 1 saturated heterocycles. The smallest absolute Gasteiger partial charge is 0.251 e. The largest absolute Gasteiger partial charge is 0.356 e. The number of alkyl halides is 2. The second kappa shape index (κ2) is 8.30. The first-order valence-electron chi connectivity index (χ1n) is 10.7. The Morgan fingerprint density at radius 3 is 2.62 bits per heavy atom. The molecule has 1 aromatic carbocycles. The molecule has 3 aromatic rings. The molecule has 1 fully saturated rings. The highest BCUT2D eigenvalue weighted by atomic mass is 19.3. The van der Waals surface area contributed by atoms with Gasteiger partial charge in [0.2, 0.25) is 0 Å². The van der Waals surface area contributed by atoms with Crippen LogP contribution in [0.5, 0.6) is 0 Å². The number of benzene rings is 1. The van der Waals surface area contributed by atoms with Crippen molar-refractivity contribution in [1.29, 1.82) is 0 Å². The van der Waals surface area contributed by atoms with Gasteiger partial charge in [0.1, 0.15) is 11.6 Å². The van der Waals surface area contributed by atoms with Gasteiger partial charge in [0.15, 0.2) is 11.2 Å². The van der Waals surface area contributed by atoms with E-state index in [2.05, 4.69) is 9.83 Å². The van der Waals surface area contributed by atoms with Crippen molar-refractivity contribution in [2.45, 2.75) is 45.6 Å². The predicted molar refractivity (Wildman–Crippen MR) is 121 cm³/mol. The summed E-state index contributed by atoms with van der Waals surface area (Å²) in [4.78, 5) is 19.7. The third-order valence-electron chi connectivity index (χ3n) is 6.28. The van der Waals surface area contributed by atoms with Gasteiger partial charge in [0.05, 0.1) is 24.3 Å². The average molecular weight is 437 g/mol. The van der Waals surface area contributed by atoms with Crippen LogP contribution < -0.4 is 10.4 Å². The lowest BCUT2D eigenvalue weighted by atomic mass is 10.0. The average Bonchev–Trinajstić information content (AvgIpc) is 2.77. The second-order valence-corrected chi connectivity index (χ2v) is 8.35. The molecule has 2 aromatic heterocycles. The number of halogens is 2. The topological polar surface area (TPSA) is 50.7 Å². The Balaban J connectivity index is 1.82. The van der Waals surface area contributed by atoms with Gasteiger partial charge >= 0.3 is 0 Å². The zero-order valence-electron chi connectivity index (χ0n) is 18.7. The zero-order valence-corrected chi connectivity index (χ0v) is 18.7. The first-order valence-corrected chi connectivity index (χ1v) is 10.7. The van der Waals surface area contributed by atoms with Gasteiger partial charge in [-0.15, -0.1) is 0 Å². The van der Waals surface area contributed by atoms with E-state index in [1.54, 1.807) is 12.3 Å². The summed E-state index contributed by atoms with van der Waals surface area (Å²) >= 11 is 0. The zero-order chi connectivity index (χ0) is 23.0. The number of aromatic nitrogens is 3. The highest BCUT2D eigenvalue weighted by molar-refractivity contribution is 5.80. The molecular weight excluding hydrogens is 410 g/mol. The van der Waals surface area contributed by atoms with Crippen molar-refractivity contribution in [2.24, 2.45) is 12.0 Å². The van der Waals surface area contributed by atoms with Gasteiger partial charge in [-0.2, -0.15) is 0 Å². The van der Waals surface area contributed by atoms with E-state index < -0.39 is 5.92 Å². The Kier molecular flexibility index (Phi) is 5.68. The molecule has 32 heavy (non-hydrogen) atoms. The number of pyridine rings is 1. The molecule has 0 aliphatic carbocycles. The van der Waals surface area contributed by atoms with Crippen LogP contribution in [0.4, 0.5) is 20.3 Å². The number of hydrogen-bond acceptors (Lipinski definition) is 4. The molecule has 0 bridgehead atoms. The normalized spacial score (nSPS) is 17.4. The molecule has 3 heterocycles. The van der Waals surface area contributed by atoms with Gasteiger partial charge < -0.3 is 9.47 Å². The van der Waals surface area contributed by atoms with Crippen molar-refractivity contribution in [3.05, 3.63) is 64.3 Å². The maximum atomic E-state index is 13.6. The monoisotopic (exact) mass is 436 g/mol. The predicted octanol–water partition coefficient (Wildman–Crippen LogP) is 5.03. The van der Waals surface area contributed by atoms with E-state index in [-0.39, 0.29) is 32.0 Å². The van der Waals surface area contributed by atoms with E-state index in [0.717, 1.165) is 27.9 Å². The third-order valence-corrected chi connectivity index (χ3v) is 6.28. The van der Waals surface area contributed by atoms with Gasteiger partial charge in [0.25, 0.3) is 5.92 Å². The molecule has 166 valence electrons. The molecule has 1 atom stereocenters. The molecule has 0 amide bonds. The first kappa shape index (κ1) is 21.9. The molecule has 0 radical (unpaired) electrons. The SMILES string of the molecule is [C-]#[N+]c1cccc([C@@H](C)N=c2nc(C)n(C)c3cnc(N4CCC(F)(F)CC4)cc23)c1C. The number of anilines is 1. The Hall–Kier alpha value is -3.34. The fraction of sp³-hybridized carbons (Fsp3) is 0.417. The van der Waals surface area contributed by atoms with Gasteiger partial charge in [0, 0.05) is 38.4 Å². The minimum absolute atomic E-state index is 0.169. The molecule has 0 spiro atoms. The molecule has 0 unspecified atom stereocenters. The molecular formula is C24H26F2N6. The van der Waals surface area contributed by atoms with Crippen LogP contribution in [-0.4, -0.2) is 33.5 Å². The van der Waals surface area contributed by atoms with Crippen molar-refractivity contribution in [1.82, 2.24) is 14.5 Å². The summed E-state index contributed by atoms with van der Waals surface area (Å²) in [6.07, 6.45) is 1.43. The van der Waals surface area contributed by atoms with Crippen LogP contribution in [0.15, 0.2) is 35.5 Å². The van der Waals surface area contributed by atoms with Gasteiger partial charge in [-0.3, -0.25) is 4.99 Å². The summed E-state index contributed by atoms with van der Waals surface area (Å²) in [7, 11) is 1.92. The summed E-state index contributed by atoms with van der Waals surface area (Å²) < 4.78 is 29.2. The van der Waals surface area contributed by atoms with E-state index in [1.807, 2.05) is 55.5 Å². The lowest BCUT2D eigenvalue weighted by Gasteiger charge is -2.32. The maximum absolute atomic E-state index is 13.6. The molecule has 0 N–H and O–H groups in total. The Bertz CT molecular complexity index is 1280. The van der Waals surface area contributed by atoms with Crippen LogP contribution >= 0.6 is 0 Å². The lowest BCUT2D eigenvalue weighted by Crippen LogP contribution is -2.39. The van der Waals surface area contributed by atoms with E-state index in [0.29, 0.717) is 17.0 Å². The second-order valence-electron chi connectivity index (χ2n) is 8.35. The maximum Gasteiger partial charge on any atom is 0.251 e. The third kappa shape index (κ3) is 4.07. The van der Waals surface area contributed by atoms with E-state index in [4.69, 9.17) is 16.5 Å². The summed E-state index contributed by atoms with van der Waals surface area (Å²) in [5, 5.41) is 0.825. The minimum atomic E-state index is -2.61. The highest BCUT2D eigenvalue weighted by Gasteiger charge is 2.34. The van der Waals surface area contributed by atoms with Crippen molar-refractivity contribution in [3.63, 3.8) is 0 Å². The molecule has 1 aliphatic rings. The number of fused-ring (bicyclic) bond motifs is 1. The van der Waals surface area contributed by atoms with E-state index >= 15 is 0 Å². The Labute approximate surface area is 186 Å². The van der Waals surface area contributed by atoms with Crippen molar-refractivity contribution >= 4 is 22.4 Å². The van der Waals surface area contributed by atoms with Crippen LogP contribution in [0.3, 0.4) is 0 Å². The lowest BCUT2D eigenvalue weighted by molar-refractivity contribution is -0.0221. The summed E-state index contributed by atoms with van der Waals surface area (Å²) in [5.41, 5.74) is 3.97. The minimum Gasteiger partial charge on any atom is -0.356 e. The molecule has 4 rings (SSSR count). The van der Waals surface area contributed by atoms with E-state index in [1.165, 1.54) is 0 Å². The number of rotatable bonds is 3.